The van der Waals surface area contributed by atoms with Crippen LogP contribution in [0.15, 0.2) is 30.3 Å². The molecule has 3 heteroatoms. The zero-order chi connectivity index (χ0) is 18.4. The summed E-state index contributed by atoms with van der Waals surface area (Å²) < 4.78 is 12.3. The number of ether oxygens (including phenoxy) is 2. The van der Waals surface area contributed by atoms with E-state index in [0.29, 0.717) is 12.7 Å². The molecule has 1 saturated heterocycles. The van der Waals surface area contributed by atoms with Crippen molar-refractivity contribution in [3.63, 3.8) is 0 Å². The van der Waals surface area contributed by atoms with Crippen LogP contribution < -0.4 is 0 Å². The van der Waals surface area contributed by atoms with Gasteiger partial charge in [0, 0.05) is 0 Å². The Morgan fingerprint density at radius 2 is 1.48 bits per heavy atom. The molecule has 1 aromatic rings. The first-order valence-electron chi connectivity index (χ1n) is 10.1. The Kier molecular flexibility index (Phi) is 7.72. The van der Waals surface area contributed by atoms with Gasteiger partial charge in [-0.15, -0.1) is 0 Å². The van der Waals surface area contributed by atoms with Gasteiger partial charge in [0.2, 0.25) is 0 Å². The molecule has 0 saturated carbocycles. The van der Waals surface area contributed by atoms with E-state index >= 15 is 0 Å². The lowest BCUT2D eigenvalue weighted by Crippen LogP contribution is -2.47. The maximum absolute atomic E-state index is 6.42. The van der Waals surface area contributed by atoms with Crippen molar-refractivity contribution in [3.8, 4) is 0 Å². The second-order valence-corrected chi connectivity index (χ2v) is 14.8. The Hall–Kier alpha value is -0.643. The van der Waals surface area contributed by atoms with Crippen LogP contribution in [0.2, 0.25) is 22.7 Å². The van der Waals surface area contributed by atoms with Gasteiger partial charge in [-0.05, 0) is 24.4 Å². The van der Waals surface area contributed by atoms with Crippen molar-refractivity contribution in [2.45, 2.75) is 95.9 Å². The lowest BCUT2D eigenvalue weighted by Gasteiger charge is -2.44. The highest BCUT2D eigenvalue weighted by atomic mass is 28.3. The second-order valence-electron chi connectivity index (χ2n) is 8.74. The Morgan fingerprint density at radius 3 is 2.04 bits per heavy atom. The second kappa shape index (κ2) is 9.34. The highest BCUT2D eigenvalue weighted by Gasteiger charge is 2.45. The van der Waals surface area contributed by atoms with E-state index < -0.39 is 8.07 Å². The third-order valence-corrected chi connectivity index (χ3v) is 14.0. The van der Waals surface area contributed by atoms with Gasteiger partial charge in [0.15, 0.2) is 0 Å². The van der Waals surface area contributed by atoms with Crippen LogP contribution in [-0.4, -0.2) is 26.9 Å². The summed E-state index contributed by atoms with van der Waals surface area (Å²) in [7, 11) is -1.37. The summed E-state index contributed by atoms with van der Waals surface area (Å²) in [4.78, 5) is 0. The molecule has 25 heavy (non-hydrogen) atoms. The highest BCUT2D eigenvalue weighted by Crippen LogP contribution is 2.46. The normalized spacial score (nSPS) is 21.6. The van der Waals surface area contributed by atoms with E-state index in [1.165, 1.54) is 18.0 Å². The van der Waals surface area contributed by atoms with Crippen LogP contribution >= 0.6 is 0 Å². The van der Waals surface area contributed by atoms with Gasteiger partial charge < -0.3 is 9.47 Å². The van der Waals surface area contributed by atoms with Crippen molar-refractivity contribution in [2.24, 2.45) is 0 Å². The van der Waals surface area contributed by atoms with Crippen LogP contribution in [0.3, 0.4) is 0 Å². The SMILES string of the molecule is CC(C)[Si](C[C@H]1CC[C@H](COCc2ccccc2)O1)(C(C)C)C(C)C. The molecular formula is C22H38O2Si. The van der Waals surface area contributed by atoms with Crippen molar-refractivity contribution in [1.82, 2.24) is 0 Å². The number of rotatable bonds is 9. The van der Waals surface area contributed by atoms with Crippen LogP contribution in [0.4, 0.5) is 0 Å². The number of benzene rings is 1. The van der Waals surface area contributed by atoms with Gasteiger partial charge in [-0.1, -0.05) is 88.5 Å². The summed E-state index contributed by atoms with van der Waals surface area (Å²) in [6.45, 7) is 16.1. The summed E-state index contributed by atoms with van der Waals surface area (Å²) in [6.07, 6.45) is 3.09. The van der Waals surface area contributed by atoms with Gasteiger partial charge in [0.25, 0.3) is 0 Å². The van der Waals surface area contributed by atoms with Crippen molar-refractivity contribution >= 4 is 8.07 Å². The molecule has 0 bridgehead atoms. The zero-order valence-electron chi connectivity index (χ0n) is 17.1. The molecule has 2 rings (SSSR count). The van der Waals surface area contributed by atoms with Crippen molar-refractivity contribution in [2.75, 3.05) is 6.61 Å². The molecule has 0 N–H and O–H groups in total. The maximum atomic E-state index is 6.42. The van der Waals surface area contributed by atoms with Crippen LogP contribution in [-0.2, 0) is 16.1 Å². The lowest BCUT2D eigenvalue weighted by molar-refractivity contribution is -0.0148. The standard InChI is InChI=1S/C22H38O2Si/c1-17(2)25(18(3)4,19(5)6)16-22-13-12-21(24-22)15-23-14-20-10-8-7-9-11-20/h7-11,17-19,21-22H,12-16H2,1-6H3/t21-,22-/m1/s1. The van der Waals surface area contributed by atoms with Gasteiger partial charge in [-0.2, -0.15) is 0 Å². The van der Waals surface area contributed by atoms with Crippen LogP contribution in [0, 0.1) is 0 Å². The van der Waals surface area contributed by atoms with Gasteiger partial charge >= 0.3 is 0 Å². The van der Waals surface area contributed by atoms with Crippen LogP contribution in [0.25, 0.3) is 0 Å². The Labute approximate surface area is 156 Å². The first-order valence-corrected chi connectivity index (χ1v) is 12.6. The van der Waals surface area contributed by atoms with E-state index in [1.807, 2.05) is 6.07 Å². The highest BCUT2D eigenvalue weighted by molar-refractivity contribution is 6.83. The fraction of sp³-hybridized carbons (Fsp3) is 0.727. The van der Waals surface area contributed by atoms with Gasteiger partial charge in [-0.3, -0.25) is 0 Å². The molecule has 2 atom stereocenters. The van der Waals surface area contributed by atoms with E-state index in [0.717, 1.165) is 29.7 Å². The fourth-order valence-corrected chi connectivity index (χ4v) is 11.5. The minimum absolute atomic E-state index is 0.284. The molecule has 0 spiro atoms. The zero-order valence-corrected chi connectivity index (χ0v) is 18.1. The summed E-state index contributed by atoms with van der Waals surface area (Å²) in [5.41, 5.74) is 3.67. The molecule has 1 aromatic carbocycles. The van der Waals surface area contributed by atoms with Gasteiger partial charge in [0.1, 0.15) is 0 Å². The Morgan fingerprint density at radius 1 is 0.920 bits per heavy atom. The minimum atomic E-state index is -1.37. The van der Waals surface area contributed by atoms with E-state index in [4.69, 9.17) is 9.47 Å². The first kappa shape index (κ1) is 20.7. The monoisotopic (exact) mass is 362 g/mol. The summed E-state index contributed by atoms with van der Waals surface area (Å²) in [5.74, 6) is 0. The van der Waals surface area contributed by atoms with Crippen molar-refractivity contribution in [3.05, 3.63) is 35.9 Å². The van der Waals surface area contributed by atoms with E-state index in [-0.39, 0.29) is 6.10 Å². The summed E-state index contributed by atoms with van der Waals surface area (Å²) in [6, 6.07) is 11.7. The first-order chi connectivity index (χ1) is 11.9. The molecule has 1 fully saturated rings. The Balaban J connectivity index is 1.84. The molecule has 0 aliphatic carbocycles. The smallest absolute Gasteiger partial charge is 0.0813 e. The third-order valence-electron chi connectivity index (χ3n) is 6.42. The van der Waals surface area contributed by atoms with Crippen molar-refractivity contribution in [1.29, 1.82) is 0 Å². The number of hydrogen-bond donors (Lipinski definition) is 0. The van der Waals surface area contributed by atoms with E-state index in [1.54, 1.807) is 0 Å². The molecule has 0 radical (unpaired) electrons. The Bertz CT molecular complexity index is 476. The summed E-state index contributed by atoms with van der Waals surface area (Å²) >= 11 is 0. The molecule has 142 valence electrons. The maximum Gasteiger partial charge on any atom is 0.0813 e. The quantitative estimate of drug-likeness (QED) is 0.471. The molecule has 0 unspecified atom stereocenters. The predicted octanol–water partition coefficient (Wildman–Crippen LogP) is 6.43. The third kappa shape index (κ3) is 5.18. The minimum Gasteiger partial charge on any atom is -0.374 e. The largest absolute Gasteiger partial charge is 0.374 e. The summed E-state index contributed by atoms with van der Waals surface area (Å²) in [5, 5.41) is 0. The molecule has 0 amide bonds. The van der Waals surface area contributed by atoms with Crippen molar-refractivity contribution < 1.29 is 9.47 Å². The fourth-order valence-electron chi connectivity index (χ4n) is 5.04. The topological polar surface area (TPSA) is 18.5 Å². The average Bonchev–Trinajstić information content (AvgIpc) is 3.00. The predicted molar refractivity (Wildman–Crippen MR) is 110 cm³/mol. The van der Waals surface area contributed by atoms with Crippen LogP contribution in [0.1, 0.15) is 59.9 Å². The molecular weight excluding hydrogens is 324 g/mol. The molecule has 2 nitrogen and oxygen atoms in total. The van der Waals surface area contributed by atoms with E-state index in [9.17, 15) is 0 Å². The molecule has 1 heterocycles. The van der Waals surface area contributed by atoms with Gasteiger partial charge in [-0.25, -0.2) is 0 Å². The van der Waals surface area contributed by atoms with Gasteiger partial charge in [0.05, 0.1) is 33.5 Å². The lowest BCUT2D eigenvalue weighted by atomic mass is 10.2. The molecule has 1 aliphatic heterocycles. The van der Waals surface area contributed by atoms with E-state index in [2.05, 4.69) is 65.8 Å². The molecule has 1 aliphatic rings. The average molecular weight is 363 g/mol. The number of hydrogen-bond acceptors (Lipinski definition) is 2. The van der Waals surface area contributed by atoms with Crippen LogP contribution in [0.5, 0.6) is 0 Å². The molecule has 0 aromatic heterocycles.